The molecule has 0 aromatic heterocycles. The van der Waals surface area contributed by atoms with Gasteiger partial charge in [0.1, 0.15) is 0 Å². The number of rotatable bonds is 4. The Morgan fingerprint density at radius 3 is 2.47 bits per heavy atom. The third-order valence-electron chi connectivity index (χ3n) is 3.42. The first-order valence-corrected chi connectivity index (χ1v) is 6.48. The third kappa shape index (κ3) is 4.12. The van der Waals surface area contributed by atoms with E-state index < -0.39 is 0 Å². The van der Waals surface area contributed by atoms with Crippen LogP contribution < -0.4 is 5.32 Å². The molecule has 0 saturated carbocycles. The van der Waals surface area contributed by atoms with Crippen molar-refractivity contribution in [2.24, 2.45) is 11.8 Å². The van der Waals surface area contributed by atoms with Gasteiger partial charge in [-0.25, -0.2) is 0 Å². The number of hydrogen-bond donors (Lipinski definition) is 1. The monoisotopic (exact) mass is 212 g/mol. The zero-order chi connectivity index (χ0) is 11.4. The van der Waals surface area contributed by atoms with Crippen LogP contribution in [0.25, 0.3) is 0 Å². The molecule has 0 spiro atoms. The van der Waals surface area contributed by atoms with E-state index in [0.29, 0.717) is 6.04 Å². The van der Waals surface area contributed by atoms with Crippen molar-refractivity contribution in [1.29, 1.82) is 0 Å². The Labute approximate surface area is 95.4 Å². The average Bonchev–Trinajstić information content (AvgIpc) is 2.14. The topological polar surface area (TPSA) is 15.3 Å². The molecular weight excluding hydrogens is 184 g/mol. The van der Waals surface area contributed by atoms with Crippen LogP contribution in [0.1, 0.15) is 41.0 Å². The molecule has 1 aliphatic rings. The molecule has 2 nitrogen and oxygen atoms in total. The minimum absolute atomic E-state index is 0.659. The van der Waals surface area contributed by atoms with Crippen LogP contribution in [0.5, 0.6) is 0 Å². The minimum Gasteiger partial charge on any atom is -0.311 e. The van der Waals surface area contributed by atoms with Crippen LogP contribution in [0.3, 0.4) is 0 Å². The van der Waals surface area contributed by atoms with E-state index in [9.17, 15) is 0 Å². The van der Waals surface area contributed by atoms with Crippen LogP contribution in [-0.2, 0) is 0 Å². The van der Waals surface area contributed by atoms with Crippen molar-refractivity contribution in [1.82, 2.24) is 10.2 Å². The molecule has 1 N–H and O–H groups in total. The fourth-order valence-electron chi connectivity index (χ4n) is 2.34. The molecule has 0 radical (unpaired) electrons. The zero-order valence-electron chi connectivity index (χ0n) is 11.1. The summed E-state index contributed by atoms with van der Waals surface area (Å²) in [5, 5.41) is 3.59. The maximum Gasteiger partial charge on any atom is 0.0244 e. The molecule has 2 unspecified atom stereocenters. The molecule has 2 heteroatoms. The molecule has 0 aromatic rings. The second-order valence-electron chi connectivity index (χ2n) is 5.80. The van der Waals surface area contributed by atoms with Crippen molar-refractivity contribution in [3.63, 3.8) is 0 Å². The number of piperazine rings is 1. The molecule has 90 valence electrons. The van der Waals surface area contributed by atoms with Gasteiger partial charge in [-0.3, -0.25) is 4.90 Å². The van der Waals surface area contributed by atoms with E-state index in [-0.39, 0.29) is 0 Å². The lowest BCUT2D eigenvalue weighted by Gasteiger charge is -2.41. The highest BCUT2D eigenvalue weighted by molar-refractivity contribution is 4.85. The normalized spacial score (nSPS) is 29.0. The molecule has 1 rings (SSSR count). The SMILES string of the molecule is CC(C)CCN1CC(C)NCC1C(C)C. The van der Waals surface area contributed by atoms with Crippen molar-refractivity contribution in [2.45, 2.75) is 53.1 Å². The van der Waals surface area contributed by atoms with E-state index >= 15 is 0 Å². The summed E-state index contributed by atoms with van der Waals surface area (Å²) in [6.45, 7) is 15.2. The molecule has 0 aromatic carbocycles. The van der Waals surface area contributed by atoms with Gasteiger partial charge in [0.05, 0.1) is 0 Å². The summed E-state index contributed by atoms with van der Waals surface area (Å²) in [4.78, 5) is 2.69. The smallest absolute Gasteiger partial charge is 0.0244 e. The van der Waals surface area contributed by atoms with Gasteiger partial charge in [-0.05, 0) is 31.7 Å². The first-order valence-electron chi connectivity index (χ1n) is 6.48. The Morgan fingerprint density at radius 1 is 1.27 bits per heavy atom. The van der Waals surface area contributed by atoms with E-state index in [4.69, 9.17) is 0 Å². The van der Waals surface area contributed by atoms with Crippen LogP contribution in [0, 0.1) is 11.8 Å². The van der Waals surface area contributed by atoms with Gasteiger partial charge in [0, 0.05) is 25.2 Å². The second kappa shape index (κ2) is 5.86. The highest BCUT2D eigenvalue weighted by atomic mass is 15.2. The molecular formula is C13H28N2. The van der Waals surface area contributed by atoms with Gasteiger partial charge in [-0.1, -0.05) is 27.7 Å². The summed E-state index contributed by atoms with van der Waals surface area (Å²) >= 11 is 0. The molecule has 1 fully saturated rings. The lowest BCUT2D eigenvalue weighted by atomic mass is 9.97. The van der Waals surface area contributed by atoms with Gasteiger partial charge >= 0.3 is 0 Å². The maximum atomic E-state index is 3.59. The molecule has 0 aliphatic carbocycles. The molecule has 1 aliphatic heterocycles. The van der Waals surface area contributed by atoms with E-state index in [1.165, 1.54) is 19.5 Å². The Morgan fingerprint density at radius 2 is 1.93 bits per heavy atom. The van der Waals surface area contributed by atoms with Crippen molar-refractivity contribution in [3.05, 3.63) is 0 Å². The number of nitrogens with zero attached hydrogens (tertiary/aromatic N) is 1. The maximum absolute atomic E-state index is 3.59. The van der Waals surface area contributed by atoms with Crippen LogP contribution in [0.15, 0.2) is 0 Å². The van der Waals surface area contributed by atoms with E-state index in [0.717, 1.165) is 24.4 Å². The van der Waals surface area contributed by atoms with E-state index in [2.05, 4.69) is 44.8 Å². The summed E-state index contributed by atoms with van der Waals surface area (Å²) in [6, 6.07) is 1.40. The number of nitrogens with one attached hydrogen (secondary N) is 1. The number of hydrogen-bond acceptors (Lipinski definition) is 2. The van der Waals surface area contributed by atoms with Crippen molar-refractivity contribution < 1.29 is 0 Å². The average molecular weight is 212 g/mol. The lowest BCUT2D eigenvalue weighted by Crippen LogP contribution is -2.57. The molecule has 2 atom stereocenters. The predicted octanol–water partition coefficient (Wildman–Crippen LogP) is 2.35. The molecule has 15 heavy (non-hydrogen) atoms. The molecule has 0 amide bonds. The summed E-state index contributed by atoms with van der Waals surface area (Å²) in [7, 11) is 0. The highest BCUT2D eigenvalue weighted by Crippen LogP contribution is 2.16. The summed E-state index contributed by atoms with van der Waals surface area (Å²) in [6.07, 6.45) is 1.33. The Balaban J connectivity index is 2.46. The summed E-state index contributed by atoms with van der Waals surface area (Å²) < 4.78 is 0. The van der Waals surface area contributed by atoms with Crippen molar-refractivity contribution in [2.75, 3.05) is 19.6 Å². The molecule has 0 bridgehead atoms. The Hall–Kier alpha value is -0.0800. The zero-order valence-corrected chi connectivity index (χ0v) is 11.1. The van der Waals surface area contributed by atoms with Gasteiger partial charge in [0.25, 0.3) is 0 Å². The van der Waals surface area contributed by atoms with E-state index in [1.54, 1.807) is 0 Å². The second-order valence-corrected chi connectivity index (χ2v) is 5.80. The van der Waals surface area contributed by atoms with Crippen LogP contribution in [-0.4, -0.2) is 36.6 Å². The molecule has 1 heterocycles. The van der Waals surface area contributed by atoms with Crippen molar-refractivity contribution >= 4 is 0 Å². The largest absolute Gasteiger partial charge is 0.311 e. The predicted molar refractivity (Wildman–Crippen MR) is 67.1 cm³/mol. The van der Waals surface area contributed by atoms with Gasteiger partial charge < -0.3 is 5.32 Å². The summed E-state index contributed by atoms with van der Waals surface area (Å²) in [5.41, 5.74) is 0. The first-order chi connectivity index (χ1) is 7.00. The van der Waals surface area contributed by atoms with Gasteiger partial charge in [0.2, 0.25) is 0 Å². The van der Waals surface area contributed by atoms with Gasteiger partial charge in [0.15, 0.2) is 0 Å². The standard InChI is InChI=1S/C13H28N2/c1-10(2)6-7-15-9-12(5)14-8-13(15)11(3)4/h10-14H,6-9H2,1-5H3. The van der Waals surface area contributed by atoms with Gasteiger partial charge in [-0.2, -0.15) is 0 Å². The molecule has 1 saturated heterocycles. The van der Waals surface area contributed by atoms with Gasteiger partial charge in [-0.15, -0.1) is 0 Å². The fraction of sp³-hybridized carbons (Fsp3) is 1.00. The van der Waals surface area contributed by atoms with E-state index in [1.807, 2.05) is 0 Å². The highest BCUT2D eigenvalue weighted by Gasteiger charge is 2.27. The third-order valence-corrected chi connectivity index (χ3v) is 3.42. The first kappa shape index (κ1) is 13.0. The minimum atomic E-state index is 0.659. The lowest BCUT2D eigenvalue weighted by molar-refractivity contribution is 0.0978. The van der Waals surface area contributed by atoms with Crippen LogP contribution >= 0.6 is 0 Å². The van der Waals surface area contributed by atoms with Crippen LogP contribution in [0.2, 0.25) is 0 Å². The fourth-order valence-corrected chi connectivity index (χ4v) is 2.34. The quantitative estimate of drug-likeness (QED) is 0.769. The summed E-state index contributed by atoms with van der Waals surface area (Å²) in [5.74, 6) is 1.58. The van der Waals surface area contributed by atoms with Crippen LogP contribution in [0.4, 0.5) is 0 Å². The van der Waals surface area contributed by atoms with Crippen molar-refractivity contribution in [3.8, 4) is 0 Å². The Kier molecular flexibility index (Phi) is 5.07. The Bertz CT molecular complexity index is 177.